The molecule has 1 N–H and O–H groups in total. The highest BCUT2D eigenvalue weighted by molar-refractivity contribution is 6.30. The van der Waals surface area contributed by atoms with Gasteiger partial charge in [0, 0.05) is 16.1 Å². The lowest BCUT2D eigenvalue weighted by atomic mass is 10.1. The number of carbonyl (C=O) groups is 1. The molecule has 0 heterocycles. The topological polar surface area (TPSA) is 59.9 Å². The number of ether oxygens (including phenoxy) is 2. The fourth-order valence-corrected chi connectivity index (χ4v) is 2.75. The van der Waals surface area contributed by atoms with Crippen molar-refractivity contribution in [3.8, 4) is 11.5 Å². The number of allylic oxidation sites excluding steroid dienone is 1. The molecular formula is C24H21ClN2O3. The highest BCUT2D eigenvalue weighted by atomic mass is 35.5. The van der Waals surface area contributed by atoms with Gasteiger partial charge in [0.05, 0.1) is 19.9 Å². The van der Waals surface area contributed by atoms with Crippen LogP contribution in [0.4, 0.5) is 0 Å². The van der Waals surface area contributed by atoms with Gasteiger partial charge in [-0.05, 0) is 60.2 Å². The van der Waals surface area contributed by atoms with E-state index in [1.54, 1.807) is 50.6 Å². The van der Waals surface area contributed by atoms with E-state index in [9.17, 15) is 4.79 Å². The van der Waals surface area contributed by atoms with Crippen molar-refractivity contribution in [1.29, 1.82) is 0 Å². The number of methoxy groups -OCH3 is 2. The van der Waals surface area contributed by atoms with Crippen molar-refractivity contribution in [3.05, 3.63) is 101 Å². The van der Waals surface area contributed by atoms with Crippen molar-refractivity contribution >= 4 is 29.3 Å². The van der Waals surface area contributed by atoms with E-state index in [0.29, 0.717) is 22.0 Å². The first-order chi connectivity index (χ1) is 14.6. The lowest BCUT2D eigenvalue weighted by Crippen LogP contribution is -2.19. The molecule has 0 aliphatic heterocycles. The number of benzene rings is 3. The second-order valence-electron chi connectivity index (χ2n) is 6.28. The maximum Gasteiger partial charge on any atom is 0.271 e. The number of hydrazone groups is 1. The number of halogens is 1. The third-order valence-corrected chi connectivity index (χ3v) is 4.57. The molecule has 0 unspecified atom stereocenters. The molecule has 0 aliphatic carbocycles. The summed E-state index contributed by atoms with van der Waals surface area (Å²) in [5, 5.41) is 4.95. The Labute approximate surface area is 180 Å². The number of nitrogens with zero attached hydrogens (tertiary/aromatic N) is 1. The number of hydrogen-bond acceptors (Lipinski definition) is 4. The molecule has 0 atom stereocenters. The molecule has 5 nitrogen and oxygen atoms in total. The highest BCUT2D eigenvalue weighted by Crippen LogP contribution is 2.15. The van der Waals surface area contributed by atoms with Crippen LogP contribution in [-0.4, -0.2) is 25.8 Å². The molecule has 0 fully saturated rings. The standard InChI is InChI=1S/C24H21ClN2O3/c1-29-21-12-3-17(4-13-21)5-16-23(18-6-10-20(25)11-7-18)26-27-24(28)19-8-14-22(30-2)15-9-19/h3-16H,1-2H3,(H,27,28)/b16-5+,26-23+. The van der Waals surface area contributed by atoms with Crippen LogP contribution in [0.25, 0.3) is 6.08 Å². The summed E-state index contributed by atoms with van der Waals surface area (Å²) in [5.41, 5.74) is 5.47. The Morgan fingerprint density at radius 1 is 0.833 bits per heavy atom. The summed E-state index contributed by atoms with van der Waals surface area (Å²) >= 11 is 6.00. The van der Waals surface area contributed by atoms with Gasteiger partial charge in [-0.1, -0.05) is 41.9 Å². The molecule has 3 aromatic rings. The van der Waals surface area contributed by atoms with E-state index in [2.05, 4.69) is 10.5 Å². The van der Waals surface area contributed by atoms with Crippen molar-refractivity contribution in [3.63, 3.8) is 0 Å². The van der Waals surface area contributed by atoms with Gasteiger partial charge in [0.15, 0.2) is 0 Å². The summed E-state index contributed by atoms with van der Waals surface area (Å²) < 4.78 is 10.3. The molecule has 152 valence electrons. The maximum atomic E-state index is 12.5. The molecule has 0 aliphatic rings. The molecule has 0 radical (unpaired) electrons. The zero-order valence-electron chi connectivity index (χ0n) is 16.6. The fraction of sp³-hybridized carbons (Fsp3) is 0.0833. The molecule has 30 heavy (non-hydrogen) atoms. The van der Waals surface area contributed by atoms with Gasteiger partial charge < -0.3 is 9.47 Å². The van der Waals surface area contributed by atoms with Crippen molar-refractivity contribution in [1.82, 2.24) is 5.43 Å². The molecule has 0 bridgehead atoms. The Hall–Kier alpha value is -3.57. The van der Waals surface area contributed by atoms with Crippen LogP contribution in [0.2, 0.25) is 5.02 Å². The van der Waals surface area contributed by atoms with Gasteiger partial charge in [0.1, 0.15) is 11.5 Å². The minimum Gasteiger partial charge on any atom is -0.497 e. The summed E-state index contributed by atoms with van der Waals surface area (Å²) in [6.45, 7) is 0. The third kappa shape index (κ3) is 5.72. The molecule has 0 spiro atoms. The Kier molecular flexibility index (Phi) is 7.24. The van der Waals surface area contributed by atoms with Crippen molar-refractivity contribution in [2.45, 2.75) is 0 Å². The Bertz CT molecular complexity index is 1040. The van der Waals surface area contributed by atoms with Gasteiger partial charge in [-0.25, -0.2) is 5.43 Å². The number of hydrogen-bond donors (Lipinski definition) is 1. The Balaban J connectivity index is 1.83. The van der Waals surface area contributed by atoms with Crippen LogP contribution in [0.1, 0.15) is 21.5 Å². The molecule has 0 aromatic heterocycles. The molecule has 0 saturated carbocycles. The van der Waals surface area contributed by atoms with Crippen LogP contribution < -0.4 is 14.9 Å². The highest BCUT2D eigenvalue weighted by Gasteiger charge is 2.06. The first kappa shape index (κ1) is 21.1. The molecule has 1 amide bonds. The largest absolute Gasteiger partial charge is 0.497 e. The lowest BCUT2D eigenvalue weighted by Gasteiger charge is -2.06. The first-order valence-corrected chi connectivity index (χ1v) is 9.57. The van der Waals surface area contributed by atoms with E-state index < -0.39 is 0 Å². The third-order valence-electron chi connectivity index (χ3n) is 4.32. The summed E-state index contributed by atoms with van der Waals surface area (Å²) in [6, 6.07) is 21.7. The number of nitrogens with one attached hydrogen (secondary N) is 1. The average molecular weight is 421 g/mol. The van der Waals surface area contributed by atoms with Gasteiger partial charge >= 0.3 is 0 Å². The molecule has 0 saturated heterocycles. The first-order valence-electron chi connectivity index (χ1n) is 9.19. The monoisotopic (exact) mass is 420 g/mol. The molecular weight excluding hydrogens is 400 g/mol. The number of rotatable bonds is 7. The molecule has 3 aromatic carbocycles. The van der Waals surface area contributed by atoms with E-state index in [0.717, 1.165) is 16.9 Å². The fourth-order valence-electron chi connectivity index (χ4n) is 2.63. The van der Waals surface area contributed by atoms with E-state index in [1.165, 1.54) is 0 Å². The van der Waals surface area contributed by atoms with Crippen LogP contribution in [0.15, 0.2) is 84.0 Å². The summed E-state index contributed by atoms with van der Waals surface area (Å²) in [7, 11) is 3.20. The van der Waals surface area contributed by atoms with E-state index >= 15 is 0 Å². The van der Waals surface area contributed by atoms with Gasteiger partial charge in [-0.3, -0.25) is 4.79 Å². The summed E-state index contributed by atoms with van der Waals surface area (Å²) in [5.74, 6) is 1.15. The van der Waals surface area contributed by atoms with Crippen LogP contribution in [0, 0.1) is 0 Å². The van der Waals surface area contributed by atoms with Crippen LogP contribution in [0.5, 0.6) is 11.5 Å². The Morgan fingerprint density at radius 3 is 1.93 bits per heavy atom. The van der Waals surface area contributed by atoms with Gasteiger partial charge in [-0.2, -0.15) is 5.10 Å². The number of amides is 1. The normalized spacial score (nSPS) is 11.4. The predicted octanol–water partition coefficient (Wildman–Crippen LogP) is 5.20. The molecule has 3 rings (SSSR count). The lowest BCUT2D eigenvalue weighted by molar-refractivity contribution is 0.0955. The molecule has 6 heteroatoms. The van der Waals surface area contributed by atoms with Gasteiger partial charge in [0.2, 0.25) is 0 Å². The van der Waals surface area contributed by atoms with E-state index in [4.69, 9.17) is 21.1 Å². The maximum absolute atomic E-state index is 12.5. The summed E-state index contributed by atoms with van der Waals surface area (Å²) in [6.07, 6.45) is 3.74. The second-order valence-corrected chi connectivity index (χ2v) is 6.72. The zero-order chi connectivity index (χ0) is 21.3. The second kappa shape index (κ2) is 10.3. The van der Waals surface area contributed by atoms with Crippen LogP contribution >= 0.6 is 11.6 Å². The quantitative estimate of drug-likeness (QED) is 0.422. The Morgan fingerprint density at radius 2 is 1.37 bits per heavy atom. The minimum absolute atomic E-state index is 0.318. The van der Waals surface area contributed by atoms with Crippen molar-refractivity contribution in [2.24, 2.45) is 5.10 Å². The SMILES string of the molecule is COc1ccc(/C=C/C(=N\NC(=O)c2ccc(OC)cc2)c2ccc(Cl)cc2)cc1. The smallest absolute Gasteiger partial charge is 0.271 e. The van der Waals surface area contributed by atoms with Gasteiger partial charge in [0.25, 0.3) is 5.91 Å². The average Bonchev–Trinajstić information content (AvgIpc) is 2.80. The van der Waals surface area contributed by atoms with E-state index in [-0.39, 0.29) is 5.91 Å². The predicted molar refractivity (Wildman–Crippen MR) is 120 cm³/mol. The summed E-state index contributed by atoms with van der Waals surface area (Å²) in [4.78, 5) is 12.5. The minimum atomic E-state index is -0.318. The van der Waals surface area contributed by atoms with Crippen LogP contribution in [-0.2, 0) is 0 Å². The van der Waals surface area contributed by atoms with Crippen LogP contribution in [0.3, 0.4) is 0 Å². The zero-order valence-corrected chi connectivity index (χ0v) is 17.4. The van der Waals surface area contributed by atoms with Crippen molar-refractivity contribution in [2.75, 3.05) is 14.2 Å². The van der Waals surface area contributed by atoms with Crippen molar-refractivity contribution < 1.29 is 14.3 Å². The number of carbonyl (C=O) groups excluding carboxylic acids is 1. The van der Waals surface area contributed by atoms with Gasteiger partial charge in [-0.15, -0.1) is 0 Å². The van der Waals surface area contributed by atoms with E-state index in [1.807, 2.05) is 48.6 Å².